The predicted octanol–water partition coefficient (Wildman–Crippen LogP) is 0.919. The monoisotopic (exact) mass is 217 g/mol. The van der Waals surface area contributed by atoms with Crippen LogP contribution in [0.3, 0.4) is 0 Å². The zero-order valence-electron chi connectivity index (χ0n) is 8.26. The first-order valence-corrected chi connectivity index (χ1v) is 4.55. The van der Waals surface area contributed by atoms with E-state index in [0.29, 0.717) is 5.56 Å². The number of nitrogens with zero attached hydrogens (tertiary/aromatic N) is 4. The molecule has 0 saturated carbocycles. The van der Waals surface area contributed by atoms with Gasteiger partial charge in [0.05, 0.1) is 6.54 Å². The van der Waals surface area contributed by atoms with E-state index in [1.807, 2.05) is 6.07 Å². The van der Waals surface area contributed by atoms with E-state index in [-0.39, 0.29) is 23.9 Å². The van der Waals surface area contributed by atoms with Crippen LogP contribution in [0.25, 0.3) is 0 Å². The van der Waals surface area contributed by atoms with Crippen molar-refractivity contribution in [2.75, 3.05) is 5.73 Å². The van der Waals surface area contributed by atoms with Crippen LogP contribution in [-0.2, 0) is 6.54 Å². The van der Waals surface area contributed by atoms with E-state index < -0.39 is 0 Å². The van der Waals surface area contributed by atoms with Crippen molar-refractivity contribution in [2.24, 2.45) is 0 Å². The molecule has 2 aromatic rings. The molecule has 6 heteroatoms. The highest BCUT2D eigenvalue weighted by molar-refractivity contribution is 5.42. The second-order valence-electron chi connectivity index (χ2n) is 3.18. The van der Waals surface area contributed by atoms with Gasteiger partial charge in [-0.2, -0.15) is 5.26 Å². The third-order valence-electron chi connectivity index (χ3n) is 2.15. The number of halogens is 1. The van der Waals surface area contributed by atoms with Crippen molar-refractivity contribution < 1.29 is 4.39 Å². The molecule has 16 heavy (non-hydrogen) atoms. The van der Waals surface area contributed by atoms with E-state index >= 15 is 0 Å². The number of hydrogen-bond donors (Lipinski definition) is 1. The van der Waals surface area contributed by atoms with Crippen LogP contribution < -0.4 is 5.73 Å². The zero-order valence-corrected chi connectivity index (χ0v) is 8.26. The maximum atomic E-state index is 13.3. The molecule has 2 N–H and O–H groups in total. The van der Waals surface area contributed by atoms with Crippen molar-refractivity contribution in [1.29, 1.82) is 5.26 Å². The van der Waals surface area contributed by atoms with Crippen molar-refractivity contribution in [3.63, 3.8) is 0 Å². The maximum Gasteiger partial charge on any atom is 0.184 e. The summed E-state index contributed by atoms with van der Waals surface area (Å²) in [5, 5.41) is 16.0. The van der Waals surface area contributed by atoms with Crippen LogP contribution >= 0.6 is 0 Å². The molecule has 0 saturated heterocycles. The van der Waals surface area contributed by atoms with Gasteiger partial charge in [0.25, 0.3) is 0 Å². The molecule has 0 aliphatic heterocycles. The average molecular weight is 217 g/mol. The summed E-state index contributed by atoms with van der Waals surface area (Å²) in [6, 6.07) is 8.15. The molecule has 0 spiro atoms. The molecule has 80 valence electrons. The third-order valence-corrected chi connectivity index (χ3v) is 2.15. The molecule has 0 atom stereocenters. The minimum absolute atomic E-state index is 0.0545. The number of anilines is 1. The Balaban J connectivity index is 2.35. The number of nitrogen functional groups attached to an aromatic ring is 1. The Bertz CT molecular complexity index is 555. The van der Waals surface area contributed by atoms with Gasteiger partial charge in [-0.3, -0.25) is 0 Å². The Morgan fingerprint density at radius 3 is 2.88 bits per heavy atom. The van der Waals surface area contributed by atoms with Crippen LogP contribution in [-0.4, -0.2) is 15.0 Å². The summed E-state index contributed by atoms with van der Waals surface area (Å²) in [5.41, 5.74) is 6.01. The van der Waals surface area contributed by atoms with Crippen LogP contribution in [0.2, 0.25) is 0 Å². The van der Waals surface area contributed by atoms with Crippen molar-refractivity contribution >= 4 is 5.82 Å². The van der Waals surface area contributed by atoms with E-state index in [4.69, 9.17) is 11.0 Å². The number of hydrogen-bond acceptors (Lipinski definition) is 4. The van der Waals surface area contributed by atoms with Gasteiger partial charge < -0.3 is 5.73 Å². The van der Waals surface area contributed by atoms with Gasteiger partial charge in [0.1, 0.15) is 11.9 Å². The second kappa shape index (κ2) is 3.98. The first kappa shape index (κ1) is 10.1. The van der Waals surface area contributed by atoms with Gasteiger partial charge in [-0.15, -0.1) is 5.10 Å². The fraction of sp³-hybridized carbons (Fsp3) is 0.100. The average Bonchev–Trinajstić information content (AvgIpc) is 2.63. The van der Waals surface area contributed by atoms with Gasteiger partial charge in [0.2, 0.25) is 0 Å². The third kappa shape index (κ3) is 1.70. The van der Waals surface area contributed by atoms with Crippen molar-refractivity contribution in [3.8, 4) is 6.07 Å². The van der Waals surface area contributed by atoms with Crippen LogP contribution in [0.15, 0.2) is 24.3 Å². The molecule has 0 bridgehead atoms. The topological polar surface area (TPSA) is 80.5 Å². The smallest absolute Gasteiger partial charge is 0.184 e. The van der Waals surface area contributed by atoms with E-state index in [2.05, 4.69) is 10.3 Å². The van der Waals surface area contributed by atoms with Gasteiger partial charge in [0, 0.05) is 5.56 Å². The summed E-state index contributed by atoms with van der Waals surface area (Å²) in [7, 11) is 0. The first-order chi connectivity index (χ1) is 7.72. The highest BCUT2D eigenvalue weighted by atomic mass is 19.1. The fourth-order valence-corrected chi connectivity index (χ4v) is 1.34. The quantitative estimate of drug-likeness (QED) is 0.811. The molecule has 0 unspecified atom stereocenters. The fourth-order valence-electron chi connectivity index (χ4n) is 1.34. The van der Waals surface area contributed by atoms with Gasteiger partial charge in [-0.1, -0.05) is 23.4 Å². The lowest BCUT2D eigenvalue weighted by atomic mass is 10.2. The van der Waals surface area contributed by atoms with Crippen molar-refractivity contribution in [3.05, 3.63) is 41.3 Å². The van der Waals surface area contributed by atoms with E-state index in [1.165, 1.54) is 10.7 Å². The molecule has 5 nitrogen and oxygen atoms in total. The summed E-state index contributed by atoms with van der Waals surface area (Å²) in [5.74, 6) is -0.292. The van der Waals surface area contributed by atoms with Crippen molar-refractivity contribution in [2.45, 2.75) is 6.54 Å². The Hall–Kier alpha value is -2.42. The maximum absolute atomic E-state index is 13.3. The molecule has 1 aromatic carbocycles. The summed E-state index contributed by atoms with van der Waals surface area (Å²) >= 11 is 0. The largest absolute Gasteiger partial charge is 0.380 e. The lowest BCUT2D eigenvalue weighted by Crippen LogP contribution is -2.06. The van der Waals surface area contributed by atoms with Crippen LogP contribution in [0, 0.1) is 17.1 Å². The van der Waals surface area contributed by atoms with Gasteiger partial charge in [-0.05, 0) is 6.07 Å². The zero-order chi connectivity index (χ0) is 11.5. The molecule has 1 heterocycles. The Labute approximate surface area is 90.9 Å². The molecule has 0 aliphatic rings. The molecular weight excluding hydrogens is 209 g/mol. The molecule has 2 rings (SSSR count). The minimum atomic E-state index is -0.347. The van der Waals surface area contributed by atoms with Crippen LogP contribution in [0.1, 0.15) is 11.3 Å². The SMILES string of the molecule is N#Cc1c(N)nnn1Cc1ccccc1F. The van der Waals surface area contributed by atoms with E-state index in [0.717, 1.165) is 0 Å². The molecule has 0 aliphatic carbocycles. The van der Waals surface area contributed by atoms with E-state index in [9.17, 15) is 4.39 Å². The van der Waals surface area contributed by atoms with Crippen LogP contribution in [0.4, 0.5) is 10.2 Å². The number of nitrogens with two attached hydrogens (primary N) is 1. The summed E-state index contributed by atoms with van der Waals surface area (Å²) in [6.07, 6.45) is 0. The predicted molar refractivity (Wildman–Crippen MR) is 54.7 cm³/mol. The van der Waals surface area contributed by atoms with E-state index in [1.54, 1.807) is 18.2 Å². The molecule has 0 radical (unpaired) electrons. The number of rotatable bonds is 2. The Morgan fingerprint density at radius 1 is 1.44 bits per heavy atom. The normalized spacial score (nSPS) is 10.0. The highest BCUT2D eigenvalue weighted by Gasteiger charge is 2.11. The number of nitriles is 1. The van der Waals surface area contributed by atoms with Gasteiger partial charge >= 0.3 is 0 Å². The molecule has 0 amide bonds. The van der Waals surface area contributed by atoms with Gasteiger partial charge in [-0.25, -0.2) is 9.07 Å². The lowest BCUT2D eigenvalue weighted by Gasteiger charge is -2.02. The van der Waals surface area contributed by atoms with Crippen LogP contribution in [0.5, 0.6) is 0 Å². The summed E-state index contributed by atoms with van der Waals surface area (Å²) in [4.78, 5) is 0. The highest BCUT2D eigenvalue weighted by Crippen LogP contribution is 2.11. The first-order valence-electron chi connectivity index (χ1n) is 4.55. The minimum Gasteiger partial charge on any atom is -0.380 e. The van der Waals surface area contributed by atoms with Gasteiger partial charge in [0.15, 0.2) is 11.5 Å². The lowest BCUT2D eigenvalue weighted by molar-refractivity contribution is 0.574. The Morgan fingerprint density at radius 2 is 2.19 bits per heavy atom. The molecule has 0 fully saturated rings. The standard InChI is InChI=1S/C10H8FN5/c11-8-4-2-1-3-7(8)6-16-9(5-12)10(13)14-15-16/h1-4H,6,13H2. The number of aromatic nitrogens is 3. The molecule has 1 aromatic heterocycles. The number of benzene rings is 1. The summed E-state index contributed by atoms with van der Waals surface area (Å²) in [6.45, 7) is 0.139. The Kier molecular flexibility index (Phi) is 2.52. The summed E-state index contributed by atoms with van der Waals surface area (Å²) < 4.78 is 14.6. The molecular formula is C10H8FN5. The second-order valence-corrected chi connectivity index (χ2v) is 3.18. The van der Waals surface area contributed by atoms with Crippen molar-refractivity contribution in [1.82, 2.24) is 15.0 Å².